The zero-order valence-electron chi connectivity index (χ0n) is 11.5. The second kappa shape index (κ2) is 5.21. The number of nitrogens with zero attached hydrogens (tertiary/aromatic N) is 1. The molecule has 0 saturated carbocycles. The average Bonchev–Trinajstić information content (AvgIpc) is 2.31. The molecule has 0 radical (unpaired) electrons. The molecule has 0 atom stereocenters. The van der Waals surface area contributed by atoms with E-state index >= 15 is 0 Å². The van der Waals surface area contributed by atoms with Crippen LogP contribution in [0.25, 0.3) is 0 Å². The van der Waals surface area contributed by atoms with Crippen LogP contribution in [0.1, 0.15) is 37.0 Å². The first-order valence-electron chi connectivity index (χ1n) is 6.65. The van der Waals surface area contributed by atoms with Gasteiger partial charge in [-0.05, 0) is 43.5 Å². The van der Waals surface area contributed by atoms with Crippen molar-refractivity contribution in [2.24, 2.45) is 5.41 Å². The van der Waals surface area contributed by atoms with Crippen LogP contribution in [0.5, 0.6) is 11.5 Å². The van der Waals surface area contributed by atoms with Crippen LogP contribution < -0.4 is 0 Å². The highest BCUT2D eigenvalue weighted by Gasteiger charge is 2.26. The molecule has 4 nitrogen and oxygen atoms in total. The maximum atomic E-state index is 12.1. The van der Waals surface area contributed by atoms with E-state index in [4.69, 9.17) is 0 Å². The van der Waals surface area contributed by atoms with E-state index in [9.17, 15) is 15.0 Å². The van der Waals surface area contributed by atoms with Gasteiger partial charge in [-0.25, -0.2) is 0 Å². The standard InChI is InChI=1S/C15H21NO3/c1-15(2)5-7-16(8-6-15)10-14(19)12-4-3-11(17)9-13(12)18/h3-4,9,17-18H,5-8,10H2,1-2H3. The maximum absolute atomic E-state index is 12.1. The predicted octanol–water partition coefficient (Wildman–Crippen LogP) is 2.40. The molecule has 1 aromatic carbocycles. The van der Waals surface area contributed by atoms with Crippen LogP contribution >= 0.6 is 0 Å². The van der Waals surface area contributed by atoms with Crippen LogP contribution in [0.2, 0.25) is 0 Å². The zero-order chi connectivity index (χ0) is 14.0. The van der Waals surface area contributed by atoms with E-state index in [-0.39, 0.29) is 22.8 Å². The Morgan fingerprint density at radius 1 is 1.26 bits per heavy atom. The van der Waals surface area contributed by atoms with Gasteiger partial charge in [0.15, 0.2) is 5.78 Å². The first kappa shape index (κ1) is 13.9. The summed E-state index contributed by atoms with van der Waals surface area (Å²) < 4.78 is 0. The third-order valence-electron chi connectivity index (χ3n) is 3.86. The summed E-state index contributed by atoms with van der Waals surface area (Å²) in [6, 6.07) is 4.10. The van der Waals surface area contributed by atoms with Crippen molar-refractivity contribution in [3.63, 3.8) is 0 Å². The van der Waals surface area contributed by atoms with E-state index in [0.717, 1.165) is 25.9 Å². The Bertz CT molecular complexity index is 472. The molecule has 2 rings (SSSR count). The summed E-state index contributed by atoms with van der Waals surface area (Å²) >= 11 is 0. The van der Waals surface area contributed by atoms with E-state index in [1.807, 2.05) is 0 Å². The fourth-order valence-corrected chi connectivity index (χ4v) is 2.36. The summed E-state index contributed by atoms with van der Waals surface area (Å²) in [7, 11) is 0. The average molecular weight is 263 g/mol. The second-order valence-corrected chi connectivity index (χ2v) is 6.06. The van der Waals surface area contributed by atoms with E-state index in [0.29, 0.717) is 12.0 Å². The molecule has 104 valence electrons. The van der Waals surface area contributed by atoms with Crippen molar-refractivity contribution < 1.29 is 15.0 Å². The number of rotatable bonds is 3. The highest BCUT2D eigenvalue weighted by atomic mass is 16.3. The van der Waals surface area contributed by atoms with Gasteiger partial charge < -0.3 is 10.2 Å². The number of benzene rings is 1. The number of Topliss-reactive ketones (excluding diaryl/α,β-unsaturated/α-hetero) is 1. The third-order valence-corrected chi connectivity index (χ3v) is 3.86. The van der Waals surface area contributed by atoms with Gasteiger partial charge in [0.05, 0.1) is 12.1 Å². The minimum absolute atomic E-state index is 0.0335. The molecule has 1 saturated heterocycles. The Morgan fingerprint density at radius 3 is 2.47 bits per heavy atom. The summed E-state index contributed by atoms with van der Waals surface area (Å²) in [6.07, 6.45) is 2.17. The van der Waals surface area contributed by atoms with E-state index in [1.54, 1.807) is 0 Å². The largest absolute Gasteiger partial charge is 0.508 e. The number of likely N-dealkylation sites (tertiary alicyclic amines) is 1. The van der Waals surface area contributed by atoms with Gasteiger partial charge in [0.1, 0.15) is 11.5 Å². The monoisotopic (exact) mass is 263 g/mol. The van der Waals surface area contributed by atoms with Gasteiger partial charge in [-0.15, -0.1) is 0 Å². The molecule has 2 N–H and O–H groups in total. The molecule has 0 spiro atoms. The van der Waals surface area contributed by atoms with Gasteiger partial charge >= 0.3 is 0 Å². The quantitative estimate of drug-likeness (QED) is 0.822. The van der Waals surface area contributed by atoms with Gasteiger partial charge in [-0.2, -0.15) is 0 Å². The molecule has 0 amide bonds. The molecule has 1 aliphatic rings. The van der Waals surface area contributed by atoms with Gasteiger partial charge in [0.25, 0.3) is 0 Å². The molecule has 0 aliphatic carbocycles. The lowest BCUT2D eigenvalue weighted by atomic mass is 9.82. The van der Waals surface area contributed by atoms with Crippen LogP contribution in [-0.4, -0.2) is 40.5 Å². The fraction of sp³-hybridized carbons (Fsp3) is 0.533. The second-order valence-electron chi connectivity index (χ2n) is 6.06. The molecule has 19 heavy (non-hydrogen) atoms. The van der Waals surface area contributed by atoms with E-state index in [1.165, 1.54) is 18.2 Å². The predicted molar refractivity (Wildman–Crippen MR) is 73.6 cm³/mol. The Balaban J connectivity index is 1.98. The van der Waals surface area contributed by atoms with Crippen LogP contribution in [0.15, 0.2) is 18.2 Å². The number of hydrogen-bond acceptors (Lipinski definition) is 4. The summed E-state index contributed by atoms with van der Waals surface area (Å²) in [6.45, 7) is 6.65. The molecule has 0 unspecified atom stereocenters. The van der Waals surface area contributed by atoms with Crippen LogP contribution in [-0.2, 0) is 0 Å². The van der Waals surface area contributed by atoms with Gasteiger partial charge in [0.2, 0.25) is 0 Å². The van der Waals surface area contributed by atoms with Crippen molar-refractivity contribution in [2.45, 2.75) is 26.7 Å². The van der Waals surface area contributed by atoms with Crippen molar-refractivity contribution in [3.05, 3.63) is 23.8 Å². The third kappa shape index (κ3) is 3.47. The molecule has 1 fully saturated rings. The normalized spacial score (nSPS) is 19.3. The first-order valence-corrected chi connectivity index (χ1v) is 6.65. The number of phenols is 2. The molecule has 0 aromatic heterocycles. The van der Waals surface area contributed by atoms with E-state index in [2.05, 4.69) is 18.7 Å². The molecule has 1 aliphatic heterocycles. The smallest absolute Gasteiger partial charge is 0.180 e. The first-order chi connectivity index (χ1) is 8.87. The Labute approximate surface area is 113 Å². The Morgan fingerprint density at radius 2 is 1.89 bits per heavy atom. The van der Waals surface area contributed by atoms with Crippen molar-refractivity contribution in [2.75, 3.05) is 19.6 Å². The highest BCUT2D eigenvalue weighted by molar-refractivity contribution is 6.00. The number of hydrogen-bond donors (Lipinski definition) is 2. The topological polar surface area (TPSA) is 60.8 Å². The number of phenolic OH excluding ortho intramolecular Hbond substituents is 2. The molecule has 1 heterocycles. The lowest BCUT2D eigenvalue weighted by molar-refractivity contribution is 0.0843. The number of ketones is 1. The van der Waals surface area contributed by atoms with Gasteiger partial charge in [0, 0.05) is 6.07 Å². The summed E-state index contributed by atoms with van der Waals surface area (Å²) in [5, 5.41) is 18.9. The van der Waals surface area contributed by atoms with E-state index < -0.39 is 0 Å². The highest BCUT2D eigenvalue weighted by Crippen LogP contribution is 2.30. The molecule has 0 bridgehead atoms. The van der Waals surface area contributed by atoms with Crippen molar-refractivity contribution in [3.8, 4) is 11.5 Å². The van der Waals surface area contributed by atoms with Crippen molar-refractivity contribution in [1.29, 1.82) is 0 Å². The summed E-state index contributed by atoms with van der Waals surface area (Å²) in [5.74, 6) is -0.284. The van der Waals surface area contributed by atoms with Gasteiger partial charge in [-0.1, -0.05) is 13.8 Å². The van der Waals surface area contributed by atoms with Crippen LogP contribution in [0.4, 0.5) is 0 Å². The summed E-state index contributed by atoms with van der Waals surface area (Å²) in [4.78, 5) is 14.2. The van der Waals surface area contributed by atoms with Crippen molar-refractivity contribution in [1.82, 2.24) is 4.90 Å². The molecule has 4 heteroatoms. The molecular formula is C15H21NO3. The summed E-state index contributed by atoms with van der Waals surface area (Å²) in [5.41, 5.74) is 0.642. The number of carbonyl (C=O) groups is 1. The lowest BCUT2D eigenvalue weighted by Crippen LogP contribution is -2.40. The minimum atomic E-state index is -0.151. The fourth-order valence-electron chi connectivity index (χ4n) is 2.36. The molecular weight excluding hydrogens is 242 g/mol. The lowest BCUT2D eigenvalue weighted by Gasteiger charge is -2.36. The number of piperidine rings is 1. The molecule has 1 aromatic rings. The zero-order valence-corrected chi connectivity index (χ0v) is 11.5. The maximum Gasteiger partial charge on any atom is 0.180 e. The number of aromatic hydroxyl groups is 2. The van der Waals surface area contributed by atoms with Crippen LogP contribution in [0, 0.1) is 5.41 Å². The Kier molecular flexibility index (Phi) is 3.80. The SMILES string of the molecule is CC1(C)CCN(CC(=O)c2ccc(O)cc2O)CC1. The Hall–Kier alpha value is -1.55. The van der Waals surface area contributed by atoms with Crippen LogP contribution in [0.3, 0.4) is 0 Å². The van der Waals surface area contributed by atoms with Crippen molar-refractivity contribution >= 4 is 5.78 Å². The number of carbonyl (C=O) groups excluding carboxylic acids is 1. The van der Waals surface area contributed by atoms with Gasteiger partial charge in [-0.3, -0.25) is 9.69 Å². The minimum Gasteiger partial charge on any atom is -0.508 e.